The van der Waals surface area contributed by atoms with Crippen molar-refractivity contribution in [3.05, 3.63) is 0 Å². The smallest absolute Gasteiger partial charge is 0.000612 e. The molecule has 1 atom stereocenters. The topological polar surface area (TPSA) is 15.3 Å². The van der Waals surface area contributed by atoms with E-state index in [4.69, 9.17) is 0 Å². The van der Waals surface area contributed by atoms with Gasteiger partial charge in [-0.2, -0.15) is 0 Å². The Morgan fingerprint density at radius 3 is 2.38 bits per heavy atom. The summed E-state index contributed by atoms with van der Waals surface area (Å²) in [6, 6.07) is 0. The molecule has 78 valence electrons. The van der Waals surface area contributed by atoms with Gasteiger partial charge in [0.2, 0.25) is 0 Å². The second-order valence-corrected chi connectivity index (χ2v) is 4.52. The number of nitrogens with zero attached hydrogens (tertiary/aromatic N) is 1. The van der Waals surface area contributed by atoms with Crippen LogP contribution < -0.4 is 5.32 Å². The predicted molar refractivity (Wildman–Crippen MR) is 57.9 cm³/mol. The Morgan fingerprint density at radius 2 is 1.92 bits per heavy atom. The SMILES string of the molecule is CCC(CN(C)C)C1CCNCC1. The summed E-state index contributed by atoms with van der Waals surface area (Å²) < 4.78 is 0. The molecule has 0 bridgehead atoms. The van der Waals surface area contributed by atoms with Crippen molar-refractivity contribution in [1.82, 2.24) is 10.2 Å². The molecule has 0 spiro atoms. The Hall–Kier alpha value is -0.0800. The van der Waals surface area contributed by atoms with Gasteiger partial charge >= 0.3 is 0 Å². The van der Waals surface area contributed by atoms with E-state index in [0.29, 0.717) is 0 Å². The van der Waals surface area contributed by atoms with Crippen LogP contribution in [0.2, 0.25) is 0 Å². The molecule has 1 aliphatic heterocycles. The fraction of sp³-hybridized carbons (Fsp3) is 1.00. The van der Waals surface area contributed by atoms with Crippen molar-refractivity contribution in [3.8, 4) is 0 Å². The van der Waals surface area contributed by atoms with Crippen molar-refractivity contribution in [2.75, 3.05) is 33.7 Å². The zero-order valence-electron chi connectivity index (χ0n) is 9.34. The Kier molecular flexibility index (Phi) is 4.74. The Bertz CT molecular complexity index is 128. The van der Waals surface area contributed by atoms with E-state index < -0.39 is 0 Å². The molecule has 0 aliphatic carbocycles. The third kappa shape index (κ3) is 3.65. The summed E-state index contributed by atoms with van der Waals surface area (Å²) in [6.45, 7) is 6.06. The molecule has 13 heavy (non-hydrogen) atoms. The third-order valence-electron chi connectivity index (χ3n) is 3.17. The minimum atomic E-state index is 0.914. The van der Waals surface area contributed by atoms with Gasteiger partial charge in [-0.25, -0.2) is 0 Å². The summed E-state index contributed by atoms with van der Waals surface area (Å²) in [5, 5.41) is 3.43. The summed E-state index contributed by atoms with van der Waals surface area (Å²) in [6.07, 6.45) is 4.10. The van der Waals surface area contributed by atoms with Crippen LogP contribution in [0, 0.1) is 11.8 Å². The Morgan fingerprint density at radius 1 is 1.31 bits per heavy atom. The van der Waals surface area contributed by atoms with Gasteiger partial charge in [0.05, 0.1) is 0 Å². The lowest BCUT2D eigenvalue weighted by atomic mass is 9.83. The quantitative estimate of drug-likeness (QED) is 0.713. The van der Waals surface area contributed by atoms with Crippen LogP contribution in [0.15, 0.2) is 0 Å². The molecular formula is C11H24N2. The third-order valence-corrected chi connectivity index (χ3v) is 3.17. The molecule has 1 unspecified atom stereocenters. The number of hydrogen-bond acceptors (Lipinski definition) is 2. The molecule has 0 saturated carbocycles. The molecule has 1 aliphatic rings. The van der Waals surface area contributed by atoms with Gasteiger partial charge in [0.15, 0.2) is 0 Å². The van der Waals surface area contributed by atoms with Crippen molar-refractivity contribution in [3.63, 3.8) is 0 Å². The highest BCUT2D eigenvalue weighted by Crippen LogP contribution is 2.24. The average Bonchev–Trinajstić information content (AvgIpc) is 2.15. The largest absolute Gasteiger partial charge is 0.317 e. The van der Waals surface area contributed by atoms with Crippen LogP contribution in [0.1, 0.15) is 26.2 Å². The number of hydrogen-bond donors (Lipinski definition) is 1. The summed E-state index contributed by atoms with van der Waals surface area (Å²) in [5.41, 5.74) is 0. The van der Waals surface area contributed by atoms with Crippen molar-refractivity contribution in [1.29, 1.82) is 0 Å². The zero-order valence-corrected chi connectivity index (χ0v) is 9.34. The molecule has 1 N–H and O–H groups in total. The van der Waals surface area contributed by atoms with Crippen LogP contribution in [0.3, 0.4) is 0 Å². The Labute approximate surface area is 82.7 Å². The first-order valence-corrected chi connectivity index (χ1v) is 5.59. The molecule has 0 aromatic carbocycles. The summed E-state index contributed by atoms with van der Waals surface area (Å²) in [5.74, 6) is 1.88. The lowest BCUT2D eigenvalue weighted by molar-refractivity contribution is 0.201. The fourth-order valence-corrected chi connectivity index (χ4v) is 2.40. The fourth-order valence-electron chi connectivity index (χ4n) is 2.40. The van der Waals surface area contributed by atoms with E-state index in [0.717, 1.165) is 11.8 Å². The van der Waals surface area contributed by atoms with E-state index in [1.165, 1.54) is 38.9 Å². The molecular weight excluding hydrogens is 160 g/mol. The predicted octanol–water partition coefficient (Wildman–Crippen LogP) is 1.57. The monoisotopic (exact) mass is 184 g/mol. The van der Waals surface area contributed by atoms with E-state index in [9.17, 15) is 0 Å². The van der Waals surface area contributed by atoms with Crippen LogP contribution in [-0.2, 0) is 0 Å². The van der Waals surface area contributed by atoms with E-state index in [1.54, 1.807) is 0 Å². The second-order valence-electron chi connectivity index (χ2n) is 4.52. The van der Waals surface area contributed by atoms with Crippen molar-refractivity contribution < 1.29 is 0 Å². The standard InChI is InChI=1S/C11H24N2/c1-4-10(9-13(2)3)11-5-7-12-8-6-11/h10-12H,4-9H2,1-3H3. The maximum Gasteiger partial charge on any atom is 0.000612 e. The van der Waals surface area contributed by atoms with Crippen LogP contribution in [0.5, 0.6) is 0 Å². The molecule has 0 aromatic rings. The summed E-state index contributed by atoms with van der Waals surface area (Å²) in [7, 11) is 4.37. The van der Waals surface area contributed by atoms with Crippen LogP contribution in [-0.4, -0.2) is 38.6 Å². The molecule has 1 saturated heterocycles. The van der Waals surface area contributed by atoms with Gasteiger partial charge < -0.3 is 10.2 Å². The molecule has 1 rings (SSSR count). The number of piperidine rings is 1. The van der Waals surface area contributed by atoms with Gasteiger partial charge in [-0.3, -0.25) is 0 Å². The van der Waals surface area contributed by atoms with Gasteiger partial charge in [0, 0.05) is 6.54 Å². The van der Waals surface area contributed by atoms with Crippen molar-refractivity contribution in [2.45, 2.75) is 26.2 Å². The minimum Gasteiger partial charge on any atom is -0.317 e. The second kappa shape index (κ2) is 5.61. The van der Waals surface area contributed by atoms with Gasteiger partial charge in [0.1, 0.15) is 0 Å². The van der Waals surface area contributed by atoms with Gasteiger partial charge in [-0.1, -0.05) is 13.3 Å². The summed E-state index contributed by atoms with van der Waals surface area (Å²) >= 11 is 0. The zero-order chi connectivity index (χ0) is 9.68. The van der Waals surface area contributed by atoms with Crippen LogP contribution in [0.25, 0.3) is 0 Å². The first-order valence-electron chi connectivity index (χ1n) is 5.59. The normalized spacial score (nSPS) is 22.2. The van der Waals surface area contributed by atoms with E-state index in [1.807, 2.05) is 0 Å². The molecule has 0 radical (unpaired) electrons. The summed E-state index contributed by atoms with van der Waals surface area (Å²) in [4.78, 5) is 2.33. The Balaban J connectivity index is 2.34. The molecule has 2 heteroatoms. The molecule has 0 aromatic heterocycles. The number of rotatable bonds is 4. The first-order chi connectivity index (χ1) is 6.24. The molecule has 2 nitrogen and oxygen atoms in total. The number of nitrogens with one attached hydrogen (secondary N) is 1. The highest BCUT2D eigenvalue weighted by Gasteiger charge is 2.22. The van der Waals surface area contributed by atoms with Crippen LogP contribution in [0.4, 0.5) is 0 Å². The lowest BCUT2D eigenvalue weighted by Crippen LogP contribution is -2.35. The van der Waals surface area contributed by atoms with Gasteiger partial charge in [-0.05, 0) is 51.9 Å². The molecule has 1 heterocycles. The van der Waals surface area contributed by atoms with E-state index in [-0.39, 0.29) is 0 Å². The molecule has 0 amide bonds. The van der Waals surface area contributed by atoms with Gasteiger partial charge in [0.25, 0.3) is 0 Å². The van der Waals surface area contributed by atoms with E-state index >= 15 is 0 Å². The lowest BCUT2D eigenvalue weighted by Gasteiger charge is -2.31. The minimum absolute atomic E-state index is 0.914. The first kappa shape index (κ1) is 11.0. The van der Waals surface area contributed by atoms with E-state index in [2.05, 4.69) is 31.2 Å². The van der Waals surface area contributed by atoms with Crippen molar-refractivity contribution >= 4 is 0 Å². The molecule has 1 fully saturated rings. The van der Waals surface area contributed by atoms with Crippen molar-refractivity contribution in [2.24, 2.45) is 11.8 Å². The average molecular weight is 184 g/mol. The van der Waals surface area contributed by atoms with Gasteiger partial charge in [-0.15, -0.1) is 0 Å². The maximum atomic E-state index is 3.43. The maximum absolute atomic E-state index is 3.43. The van der Waals surface area contributed by atoms with Crippen LogP contribution >= 0.6 is 0 Å². The highest BCUT2D eigenvalue weighted by atomic mass is 15.1. The highest BCUT2D eigenvalue weighted by molar-refractivity contribution is 4.76.